The summed E-state index contributed by atoms with van der Waals surface area (Å²) >= 11 is 0. The first-order chi connectivity index (χ1) is 18.0. The molecule has 0 amide bonds. The highest BCUT2D eigenvalue weighted by atomic mass is 16.7. The zero-order valence-electron chi connectivity index (χ0n) is 20.1. The second-order valence-corrected chi connectivity index (χ2v) is 9.64. The summed E-state index contributed by atoms with van der Waals surface area (Å²) in [6.45, 7) is 0.203. The van der Waals surface area contributed by atoms with Gasteiger partial charge < -0.3 is 24.5 Å². The molecule has 0 radical (unpaired) electrons. The lowest BCUT2D eigenvalue weighted by Crippen LogP contribution is -2.24. The molecule has 1 atom stereocenters. The van der Waals surface area contributed by atoms with Gasteiger partial charge >= 0.3 is 5.97 Å². The number of benzene rings is 3. The minimum absolute atomic E-state index is 0.142. The van der Waals surface area contributed by atoms with Crippen LogP contribution in [0.5, 0.6) is 5.75 Å². The maximum atomic E-state index is 9.98. The lowest BCUT2D eigenvalue weighted by molar-refractivity contribution is -0.324. The maximum Gasteiger partial charge on any atom is 0.308 e. The summed E-state index contributed by atoms with van der Waals surface area (Å²) in [6.07, 6.45) is 6.40. The average Bonchev–Trinajstić information content (AvgIpc) is 3.68. The van der Waals surface area contributed by atoms with Gasteiger partial charge in [0.2, 0.25) is 5.89 Å². The second-order valence-electron chi connectivity index (χ2n) is 9.64. The normalized spacial score (nSPS) is 17.3. The Hall–Kier alpha value is -3.85. The van der Waals surface area contributed by atoms with Gasteiger partial charge in [0.15, 0.2) is 0 Å². The molecular weight excluding hydrogens is 470 g/mol. The molecule has 188 valence electrons. The minimum atomic E-state index is -3.09. The van der Waals surface area contributed by atoms with E-state index in [-0.39, 0.29) is 24.0 Å². The van der Waals surface area contributed by atoms with Crippen LogP contribution in [0.25, 0.3) is 22.7 Å². The van der Waals surface area contributed by atoms with Gasteiger partial charge in [-0.3, -0.25) is 0 Å². The monoisotopic (exact) mass is 497 g/mol. The molecule has 8 nitrogen and oxygen atoms in total. The minimum Gasteiger partial charge on any atom is -0.488 e. The Morgan fingerprint density at radius 3 is 2.49 bits per heavy atom. The smallest absolute Gasteiger partial charge is 0.308 e. The highest BCUT2D eigenvalue weighted by molar-refractivity contribution is 5.68. The lowest BCUT2D eigenvalue weighted by Gasteiger charge is -2.19. The van der Waals surface area contributed by atoms with E-state index in [0.29, 0.717) is 23.1 Å². The predicted octanol–water partition coefficient (Wildman–Crippen LogP) is 6.00. The molecule has 4 aromatic rings. The van der Waals surface area contributed by atoms with Gasteiger partial charge in [-0.1, -0.05) is 49.2 Å². The Balaban J connectivity index is 1.24. The fourth-order valence-corrected chi connectivity index (χ4v) is 5.17. The standard InChI is InChI=1S/C29H27N3O5/c33-29(34,35)23-14-20(11-13-26(23)36-16-18-6-2-1-3-7-18)25-17-37-28(30-25)21-10-12-22-24(15-21)31-32-27(22)19-8-4-5-9-19/h1-3,6-7,10-15,17,19,27,33-35H,4-5,8-9,16H2. The van der Waals surface area contributed by atoms with Crippen molar-refractivity contribution >= 4 is 5.69 Å². The molecule has 8 heteroatoms. The number of azo groups is 1. The summed E-state index contributed by atoms with van der Waals surface area (Å²) in [6, 6.07) is 20.3. The fraction of sp³-hybridized carbons (Fsp3) is 0.276. The van der Waals surface area contributed by atoms with Gasteiger partial charge in [-0.25, -0.2) is 4.98 Å². The van der Waals surface area contributed by atoms with Crippen LogP contribution in [0.4, 0.5) is 5.69 Å². The Kier molecular flexibility index (Phi) is 6.08. The van der Waals surface area contributed by atoms with Crippen LogP contribution in [0.1, 0.15) is 48.4 Å². The van der Waals surface area contributed by atoms with Crippen molar-refractivity contribution in [3.05, 3.63) is 89.7 Å². The van der Waals surface area contributed by atoms with Crippen LogP contribution in [-0.4, -0.2) is 20.3 Å². The quantitative estimate of drug-likeness (QED) is 0.269. The van der Waals surface area contributed by atoms with E-state index in [0.717, 1.165) is 22.4 Å². The summed E-state index contributed by atoms with van der Waals surface area (Å²) in [5.41, 5.74) is 4.50. The van der Waals surface area contributed by atoms with Crippen LogP contribution in [0, 0.1) is 5.92 Å². The van der Waals surface area contributed by atoms with Crippen LogP contribution in [0.3, 0.4) is 0 Å². The Morgan fingerprint density at radius 2 is 1.70 bits per heavy atom. The molecular formula is C29H27N3O5. The molecule has 1 unspecified atom stereocenters. The largest absolute Gasteiger partial charge is 0.488 e. The van der Waals surface area contributed by atoms with E-state index < -0.39 is 5.97 Å². The number of rotatable bonds is 7. The van der Waals surface area contributed by atoms with Crippen molar-refractivity contribution in [1.82, 2.24) is 4.98 Å². The molecule has 1 fully saturated rings. The van der Waals surface area contributed by atoms with Gasteiger partial charge in [0, 0.05) is 16.7 Å². The molecule has 1 aliphatic carbocycles. The topological polar surface area (TPSA) is 121 Å². The van der Waals surface area contributed by atoms with Crippen LogP contribution in [0.2, 0.25) is 0 Å². The lowest BCUT2D eigenvalue weighted by atomic mass is 9.91. The molecule has 1 aliphatic heterocycles. The molecule has 0 saturated heterocycles. The van der Waals surface area contributed by atoms with Crippen molar-refractivity contribution in [2.45, 2.75) is 44.3 Å². The van der Waals surface area contributed by atoms with Crippen molar-refractivity contribution in [2.24, 2.45) is 16.1 Å². The van der Waals surface area contributed by atoms with Crippen molar-refractivity contribution in [1.29, 1.82) is 0 Å². The molecule has 37 heavy (non-hydrogen) atoms. The maximum absolute atomic E-state index is 9.98. The Bertz CT molecular complexity index is 1440. The van der Waals surface area contributed by atoms with E-state index in [1.54, 1.807) is 12.1 Å². The zero-order valence-corrected chi connectivity index (χ0v) is 20.1. The number of nitrogens with zero attached hydrogens (tertiary/aromatic N) is 3. The van der Waals surface area contributed by atoms with Crippen molar-refractivity contribution in [3.8, 4) is 28.5 Å². The summed E-state index contributed by atoms with van der Waals surface area (Å²) in [5, 5.41) is 38.9. The third-order valence-electron chi connectivity index (χ3n) is 7.11. The van der Waals surface area contributed by atoms with Gasteiger partial charge in [0.1, 0.15) is 30.4 Å². The van der Waals surface area contributed by atoms with Crippen LogP contribution in [-0.2, 0) is 12.6 Å². The third kappa shape index (κ3) is 4.79. The molecule has 2 heterocycles. The van der Waals surface area contributed by atoms with Crippen molar-refractivity contribution in [3.63, 3.8) is 0 Å². The molecule has 1 aromatic heterocycles. The Morgan fingerprint density at radius 1 is 0.919 bits per heavy atom. The van der Waals surface area contributed by atoms with E-state index >= 15 is 0 Å². The van der Waals surface area contributed by atoms with E-state index in [1.807, 2.05) is 42.5 Å². The van der Waals surface area contributed by atoms with Gasteiger partial charge in [0.25, 0.3) is 0 Å². The number of aromatic nitrogens is 1. The molecule has 3 aromatic carbocycles. The fourth-order valence-electron chi connectivity index (χ4n) is 5.17. The van der Waals surface area contributed by atoms with Gasteiger partial charge in [-0.05, 0) is 54.7 Å². The van der Waals surface area contributed by atoms with Crippen LogP contribution >= 0.6 is 0 Å². The first-order valence-electron chi connectivity index (χ1n) is 12.4. The van der Waals surface area contributed by atoms with Crippen molar-refractivity contribution < 1.29 is 24.5 Å². The zero-order chi connectivity index (χ0) is 25.4. The van der Waals surface area contributed by atoms with E-state index in [4.69, 9.17) is 9.15 Å². The number of oxazole rings is 1. The molecule has 6 rings (SSSR count). The van der Waals surface area contributed by atoms with Gasteiger partial charge in [0.05, 0.1) is 11.3 Å². The summed E-state index contributed by atoms with van der Waals surface area (Å²) < 4.78 is 11.5. The molecule has 3 N–H and O–H groups in total. The summed E-state index contributed by atoms with van der Waals surface area (Å²) in [4.78, 5) is 4.59. The summed E-state index contributed by atoms with van der Waals surface area (Å²) in [5.74, 6) is -1.97. The van der Waals surface area contributed by atoms with E-state index in [1.165, 1.54) is 38.0 Å². The number of hydrogen-bond donors (Lipinski definition) is 3. The number of fused-ring (bicyclic) bond motifs is 1. The number of hydrogen-bond acceptors (Lipinski definition) is 8. The highest BCUT2D eigenvalue weighted by Crippen LogP contribution is 2.46. The third-order valence-corrected chi connectivity index (χ3v) is 7.11. The highest BCUT2D eigenvalue weighted by Gasteiger charge is 2.32. The van der Waals surface area contributed by atoms with Crippen LogP contribution in [0.15, 0.2) is 87.6 Å². The number of ether oxygens (including phenoxy) is 1. The first kappa shape index (κ1) is 23.5. The SMILES string of the molecule is OC(O)(O)c1cc(-c2coc(-c3ccc4c(c3)N=NC4C3CCCC3)n2)ccc1OCc1ccccc1. The molecule has 2 aliphatic rings. The molecule has 1 saturated carbocycles. The predicted molar refractivity (Wildman–Crippen MR) is 136 cm³/mol. The van der Waals surface area contributed by atoms with Crippen LogP contribution < -0.4 is 4.74 Å². The summed E-state index contributed by atoms with van der Waals surface area (Å²) in [7, 11) is 0. The van der Waals surface area contributed by atoms with Gasteiger partial charge in [-0.15, -0.1) is 0 Å². The first-order valence-corrected chi connectivity index (χ1v) is 12.4. The van der Waals surface area contributed by atoms with Gasteiger partial charge in [-0.2, -0.15) is 10.2 Å². The van der Waals surface area contributed by atoms with E-state index in [9.17, 15) is 15.3 Å². The Labute approximate surface area is 213 Å². The second kappa shape index (κ2) is 9.55. The molecule has 0 spiro atoms. The van der Waals surface area contributed by atoms with Crippen molar-refractivity contribution in [2.75, 3.05) is 0 Å². The molecule has 0 bridgehead atoms. The number of aliphatic hydroxyl groups is 3. The van der Waals surface area contributed by atoms with E-state index in [2.05, 4.69) is 21.3 Å². The average molecular weight is 498 g/mol.